The zero-order chi connectivity index (χ0) is 43.7. The Morgan fingerprint density at radius 3 is 1.08 bits per heavy atom. The Bertz CT molecular complexity index is 1020. The van der Waals surface area contributed by atoms with E-state index in [4.69, 9.17) is 23.7 Å². The smallest absolute Gasteiger partial charge is 0.311 e. The average Bonchev–Trinajstić information content (AvgIpc) is 3.22. The molecule has 2 heterocycles. The number of unbranched alkanes of at least 4 members (excludes halogenated alkanes) is 14. The molecule has 2 saturated heterocycles. The van der Waals surface area contributed by atoms with Gasteiger partial charge >= 0.3 is 11.9 Å². The summed E-state index contributed by atoms with van der Waals surface area (Å²) < 4.78 is 28.2. The zero-order valence-electron chi connectivity index (χ0n) is 36.5. The molecule has 0 aromatic carbocycles. The summed E-state index contributed by atoms with van der Waals surface area (Å²) in [7, 11) is 0. The monoisotopic (exact) mass is 851 g/mol. The highest BCUT2D eigenvalue weighted by Crippen LogP contribution is 2.30. The van der Waals surface area contributed by atoms with Crippen molar-refractivity contribution < 1.29 is 74.1 Å². The van der Waals surface area contributed by atoms with E-state index in [0.29, 0.717) is 25.7 Å². The summed E-state index contributed by atoms with van der Waals surface area (Å²) in [6.45, 7) is 7.27. The van der Waals surface area contributed by atoms with E-state index in [1.54, 1.807) is 0 Å². The van der Waals surface area contributed by atoms with Crippen LogP contribution in [0.2, 0.25) is 0 Å². The first-order valence-corrected chi connectivity index (χ1v) is 23.1. The third-order valence-electron chi connectivity index (χ3n) is 11.9. The molecule has 0 amide bonds. The summed E-state index contributed by atoms with van der Waals surface area (Å²) in [5.74, 6) is -2.97. The molecule has 2 aliphatic rings. The summed E-state index contributed by atoms with van der Waals surface area (Å²) in [4.78, 5) is 26.7. The van der Waals surface area contributed by atoms with E-state index >= 15 is 0 Å². The Balaban J connectivity index is 2.08. The van der Waals surface area contributed by atoms with Gasteiger partial charge in [0, 0.05) is 0 Å². The van der Waals surface area contributed by atoms with Crippen molar-refractivity contribution in [3.63, 3.8) is 0 Å². The Morgan fingerprint density at radius 2 is 0.746 bits per heavy atom. The van der Waals surface area contributed by atoms with Crippen LogP contribution in [-0.4, -0.2) is 140 Å². The van der Waals surface area contributed by atoms with Crippen LogP contribution < -0.4 is 0 Å². The molecule has 8 N–H and O–H groups in total. The standard InChI is InChI=1S/C44H82O15/c1-5-9-13-17-21-25-31(45)29(23-19-15-11-7-3)41(53)55-27-33-35(47)37(49)39(51)43(57-33)59-44-40(52)38(50)36(48)34(58-44)28-56-42(54)30(24-20-16-12-8-4)32(46)26-22-18-14-10-6-2/h29-40,43-52H,5-28H2,1-4H3/t29-,30+,31-,32+,33-,34-,35-,36-,37+,38+,39-,40-,43-,44-/m1/s1. The first kappa shape index (κ1) is 53.6. The maximum atomic E-state index is 13.4. The molecule has 15 heteroatoms. The SMILES string of the molecule is CCCCCCC[C@@H](O)[C@@H](CCCCCC)C(=O)OC[C@H]1O[C@H](O[C@H]2O[C@H](COC(=O)[C@@H](CCCCCC)[C@@H](O)CCCCCCC)[C@@H](O)[C@H](O)[C@H]2O)[C@H](O)[C@@H](O)[C@@H]1O. The molecule has 0 aromatic rings. The minimum Gasteiger partial charge on any atom is -0.463 e. The zero-order valence-corrected chi connectivity index (χ0v) is 36.5. The summed E-state index contributed by atoms with van der Waals surface area (Å²) in [6.07, 6.45) is -0.345. The minimum atomic E-state index is -1.88. The lowest BCUT2D eigenvalue weighted by Gasteiger charge is -2.44. The van der Waals surface area contributed by atoms with Crippen LogP contribution in [0.4, 0.5) is 0 Å². The van der Waals surface area contributed by atoms with Gasteiger partial charge in [0.25, 0.3) is 0 Å². The topological polar surface area (TPSA) is 242 Å². The maximum absolute atomic E-state index is 13.4. The predicted octanol–water partition coefficient (Wildman–Crippen LogP) is 4.32. The molecule has 15 nitrogen and oxygen atoms in total. The molecule has 59 heavy (non-hydrogen) atoms. The number of ether oxygens (including phenoxy) is 5. The number of hydrogen-bond acceptors (Lipinski definition) is 15. The fourth-order valence-electron chi connectivity index (χ4n) is 7.84. The van der Waals surface area contributed by atoms with Crippen molar-refractivity contribution in [3.8, 4) is 0 Å². The maximum Gasteiger partial charge on any atom is 0.311 e. The number of aliphatic hydroxyl groups excluding tert-OH is 8. The molecule has 14 atom stereocenters. The van der Waals surface area contributed by atoms with Gasteiger partial charge in [-0.1, -0.05) is 143 Å². The second kappa shape index (κ2) is 30.5. The van der Waals surface area contributed by atoms with Gasteiger partial charge in [-0.05, 0) is 25.7 Å². The van der Waals surface area contributed by atoms with Crippen molar-refractivity contribution in [1.29, 1.82) is 0 Å². The average molecular weight is 851 g/mol. The second-order valence-corrected chi connectivity index (χ2v) is 16.9. The van der Waals surface area contributed by atoms with Crippen molar-refractivity contribution in [1.82, 2.24) is 0 Å². The third-order valence-corrected chi connectivity index (χ3v) is 11.9. The van der Waals surface area contributed by atoms with Crippen LogP contribution in [-0.2, 0) is 33.3 Å². The van der Waals surface area contributed by atoms with Gasteiger partial charge in [0.1, 0.15) is 62.0 Å². The first-order chi connectivity index (χ1) is 28.3. The largest absolute Gasteiger partial charge is 0.463 e. The van der Waals surface area contributed by atoms with E-state index in [1.165, 1.54) is 0 Å². The molecule has 2 rings (SSSR count). The lowest BCUT2D eigenvalue weighted by molar-refractivity contribution is -0.376. The van der Waals surface area contributed by atoms with Crippen molar-refractivity contribution in [3.05, 3.63) is 0 Å². The number of aliphatic hydroxyl groups is 8. The van der Waals surface area contributed by atoms with Gasteiger partial charge in [-0.25, -0.2) is 0 Å². The molecule has 0 saturated carbocycles. The van der Waals surface area contributed by atoms with E-state index in [1.807, 2.05) is 0 Å². The van der Waals surface area contributed by atoms with Gasteiger partial charge in [-0.2, -0.15) is 0 Å². The summed E-state index contributed by atoms with van der Waals surface area (Å²) in [6, 6.07) is 0. The van der Waals surface area contributed by atoms with E-state index in [-0.39, 0.29) is 0 Å². The minimum absolute atomic E-state index is 0.414. The fourth-order valence-corrected chi connectivity index (χ4v) is 7.84. The third kappa shape index (κ3) is 18.8. The lowest BCUT2D eigenvalue weighted by Crippen LogP contribution is -2.64. The number of carbonyl (C=O) groups excluding carboxylic acids is 2. The highest BCUT2D eigenvalue weighted by Gasteiger charge is 2.50. The molecule has 0 bridgehead atoms. The quantitative estimate of drug-likeness (QED) is 0.0347. The van der Waals surface area contributed by atoms with Crippen molar-refractivity contribution in [2.24, 2.45) is 11.8 Å². The Hall–Kier alpha value is -1.50. The van der Waals surface area contributed by atoms with Crippen LogP contribution in [0.3, 0.4) is 0 Å². The fraction of sp³-hybridized carbons (Fsp3) is 0.955. The second-order valence-electron chi connectivity index (χ2n) is 16.9. The predicted molar refractivity (Wildman–Crippen MR) is 220 cm³/mol. The highest BCUT2D eigenvalue weighted by atomic mass is 16.8. The van der Waals surface area contributed by atoms with Crippen molar-refractivity contribution in [2.75, 3.05) is 13.2 Å². The van der Waals surface area contributed by atoms with Gasteiger partial charge < -0.3 is 64.5 Å². The number of carbonyl (C=O) groups is 2. The highest BCUT2D eigenvalue weighted by molar-refractivity contribution is 5.73. The number of esters is 2. The molecule has 0 spiro atoms. The first-order valence-electron chi connectivity index (χ1n) is 23.1. The van der Waals surface area contributed by atoms with E-state index in [9.17, 15) is 50.4 Å². The Morgan fingerprint density at radius 1 is 0.441 bits per heavy atom. The van der Waals surface area contributed by atoms with Crippen LogP contribution >= 0.6 is 0 Å². The summed E-state index contributed by atoms with van der Waals surface area (Å²) >= 11 is 0. The molecule has 0 radical (unpaired) electrons. The van der Waals surface area contributed by atoms with Gasteiger partial charge in [0.05, 0.1) is 24.0 Å². The number of hydrogen-bond donors (Lipinski definition) is 8. The molecule has 2 aliphatic heterocycles. The Labute approximate surface area is 353 Å². The molecular weight excluding hydrogens is 768 g/mol. The van der Waals surface area contributed by atoms with E-state index < -0.39 is 111 Å². The van der Waals surface area contributed by atoms with Crippen LogP contribution in [0, 0.1) is 11.8 Å². The van der Waals surface area contributed by atoms with Crippen molar-refractivity contribution >= 4 is 11.9 Å². The van der Waals surface area contributed by atoms with E-state index in [0.717, 1.165) is 116 Å². The molecule has 0 aliphatic carbocycles. The molecule has 2 fully saturated rings. The summed E-state index contributed by atoms with van der Waals surface area (Å²) in [5.41, 5.74) is 0. The molecule has 0 aromatic heterocycles. The van der Waals surface area contributed by atoms with Crippen LogP contribution in [0.15, 0.2) is 0 Å². The number of rotatable bonds is 32. The van der Waals surface area contributed by atoms with Gasteiger partial charge in [0.2, 0.25) is 0 Å². The molecule has 0 unspecified atom stereocenters. The van der Waals surface area contributed by atoms with Gasteiger partial charge in [-0.15, -0.1) is 0 Å². The van der Waals surface area contributed by atoms with E-state index in [2.05, 4.69) is 27.7 Å². The Kier molecular flexibility index (Phi) is 27.8. The molecular formula is C44H82O15. The van der Waals surface area contributed by atoms with Crippen LogP contribution in [0.5, 0.6) is 0 Å². The molecule has 348 valence electrons. The lowest BCUT2D eigenvalue weighted by atomic mass is 9.91. The summed E-state index contributed by atoms with van der Waals surface area (Å²) in [5, 5.41) is 86.6. The van der Waals surface area contributed by atoms with Crippen LogP contribution in [0.25, 0.3) is 0 Å². The van der Waals surface area contributed by atoms with Crippen LogP contribution in [0.1, 0.15) is 169 Å². The van der Waals surface area contributed by atoms with Gasteiger partial charge in [0.15, 0.2) is 12.6 Å². The van der Waals surface area contributed by atoms with Crippen molar-refractivity contribution in [2.45, 2.75) is 243 Å². The normalized spacial score (nSPS) is 29.4. The van der Waals surface area contributed by atoms with Gasteiger partial charge in [-0.3, -0.25) is 9.59 Å².